The van der Waals surface area contributed by atoms with Gasteiger partial charge in [-0.25, -0.2) is 0 Å². The number of carbonyl (C=O) groups excluding carboxylic acids is 1. The van der Waals surface area contributed by atoms with Crippen LogP contribution in [0.15, 0.2) is 24.3 Å². The Morgan fingerprint density at radius 3 is 2.18 bits per heavy atom. The number of aliphatic hydroxyl groups is 1. The summed E-state index contributed by atoms with van der Waals surface area (Å²) in [4.78, 5) is 14.4. The zero-order valence-corrected chi connectivity index (χ0v) is 14.5. The number of benzene rings is 1. The van der Waals surface area contributed by atoms with Crippen molar-refractivity contribution in [2.75, 3.05) is 7.11 Å². The maximum absolute atomic E-state index is 12.5. The third-order valence-corrected chi connectivity index (χ3v) is 3.89. The summed E-state index contributed by atoms with van der Waals surface area (Å²) < 4.78 is 5.29. The molecule has 1 aromatic carbocycles. The monoisotopic (exact) mass is 307 g/mol. The molecule has 0 saturated carbocycles. The van der Waals surface area contributed by atoms with Crippen LogP contribution in [0, 0.1) is 5.92 Å². The lowest BCUT2D eigenvalue weighted by atomic mass is 9.93. The Morgan fingerprint density at radius 2 is 1.68 bits per heavy atom. The second-order valence-corrected chi connectivity index (χ2v) is 6.36. The predicted octanol–water partition coefficient (Wildman–Crippen LogP) is 3.40. The molecule has 0 bridgehead atoms. The molecule has 1 rings (SSSR count). The molecule has 0 aromatic heterocycles. The third-order valence-electron chi connectivity index (χ3n) is 3.89. The lowest BCUT2D eigenvalue weighted by Crippen LogP contribution is -2.42. The van der Waals surface area contributed by atoms with Gasteiger partial charge in [0.1, 0.15) is 5.75 Å². The molecular weight excluding hydrogens is 278 g/mol. The highest BCUT2D eigenvalue weighted by Crippen LogP contribution is 2.31. The standard InChI is InChI=1S/C18H29NO3/c1-12(2)19(13(3)4)17(20)11-14(5)18(21)15-9-7-8-10-16(15)22-6/h7-10,12-14,18,21H,11H2,1-6H3/t14-,18-/m1/s1. The first-order valence-electron chi connectivity index (χ1n) is 7.91. The van der Waals surface area contributed by atoms with Gasteiger partial charge >= 0.3 is 0 Å². The molecule has 0 heterocycles. The highest BCUT2D eigenvalue weighted by atomic mass is 16.5. The van der Waals surface area contributed by atoms with Gasteiger partial charge in [0.15, 0.2) is 0 Å². The van der Waals surface area contributed by atoms with E-state index in [4.69, 9.17) is 4.74 Å². The van der Waals surface area contributed by atoms with Crippen molar-refractivity contribution < 1.29 is 14.6 Å². The maximum Gasteiger partial charge on any atom is 0.223 e. The minimum absolute atomic E-state index is 0.0754. The van der Waals surface area contributed by atoms with E-state index in [0.29, 0.717) is 12.2 Å². The molecule has 0 aliphatic rings. The van der Waals surface area contributed by atoms with Gasteiger partial charge < -0.3 is 14.7 Å². The number of amides is 1. The molecule has 1 aromatic rings. The summed E-state index contributed by atoms with van der Waals surface area (Å²) in [5.41, 5.74) is 0.728. The number of carbonyl (C=O) groups is 1. The van der Waals surface area contributed by atoms with E-state index in [2.05, 4.69) is 0 Å². The van der Waals surface area contributed by atoms with E-state index < -0.39 is 6.10 Å². The van der Waals surface area contributed by atoms with Gasteiger partial charge in [0.05, 0.1) is 13.2 Å². The van der Waals surface area contributed by atoms with Crippen LogP contribution in [0.1, 0.15) is 52.7 Å². The molecule has 2 atom stereocenters. The quantitative estimate of drug-likeness (QED) is 0.840. The summed E-state index contributed by atoms with van der Waals surface area (Å²) in [6.07, 6.45) is -0.406. The number of methoxy groups -OCH3 is 1. The van der Waals surface area contributed by atoms with Gasteiger partial charge in [-0.2, -0.15) is 0 Å². The summed E-state index contributed by atoms with van der Waals surface area (Å²) in [7, 11) is 1.58. The number of hydrogen-bond acceptors (Lipinski definition) is 3. The fourth-order valence-corrected chi connectivity index (χ4v) is 2.88. The highest BCUT2D eigenvalue weighted by Gasteiger charge is 2.26. The molecule has 1 amide bonds. The molecule has 0 fully saturated rings. The molecular formula is C18H29NO3. The van der Waals surface area contributed by atoms with Gasteiger partial charge in [-0.1, -0.05) is 25.1 Å². The smallest absolute Gasteiger partial charge is 0.223 e. The minimum Gasteiger partial charge on any atom is -0.496 e. The number of nitrogens with zero attached hydrogens (tertiary/aromatic N) is 1. The van der Waals surface area contributed by atoms with Crippen molar-refractivity contribution in [3.63, 3.8) is 0 Å². The first-order chi connectivity index (χ1) is 10.3. The summed E-state index contributed by atoms with van der Waals surface area (Å²) in [5, 5.41) is 10.6. The van der Waals surface area contributed by atoms with Crippen LogP contribution in [0.4, 0.5) is 0 Å². The predicted molar refractivity (Wildman–Crippen MR) is 88.9 cm³/mol. The van der Waals surface area contributed by atoms with Gasteiger partial charge in [0.25, 0.3) is 0 Å². The second kappa shape index (κ2) is 8.18. The van der Waals surface area contributed by atoms with Gasteiger partial charge in [0, 0.05) is 24.1 Å². The van der Waals surface area contributed by atoms with Crippen molar-refractivity contribution in [1.82, 2.24) is 4.90 Å². The van der Waals surface area contributed by atoms with Gasteiger partial charge in [0.2, 0.25) is 5.91 Å². The topological polar surface area (TPSA) is 49.8 Å². The third kappa shape index (κ3) is 4.47. The molecule has 0 unspecified atom stereocenters. The van der Waals surface area contributed by atoms with Crippen molar-refractivity contribution in [1.29, 1.82) is 0 Å². The number of hydrogen-bond donors (Lipinski definition) is 1. The maximum atomic E-state index is 12.5. The molecule has 0 spiro atoms. The lowest BCUT2D eigenvalue weighted by Gasteiger charge is -2.32. The summed E-state index contributed by atoms with van der Waals surface area (Å²) >= 11 is 0. The Balaban J connectivity index is 2.83. The Labute approximate surface area is 134 Å². The first kappa shape index (κ1) is 18.5. The molecule has 124 valence electrons. The highest BCUT2D eigenvalue weighted by molar-refractivity contribution is 5.77. The number of para-hydroxylation sites is 1. The normalized spacial score (nSPS) is 14.0. The molecule has 1 N–H and O–H groups in total. The molecule has 0 aliphatic carbocycles. The van der Waals surface area contributed by atoms with Crippen LogP contribution in [-0.2, 0) is 4.79 Å². The van der Waals surface area contributed by atoms with Crippen LogP contribution >= 0.6 is 0 Å². The fraction of sp³-hybridized carbons (Fsp3) is 0.611. The number of rotatable bonds is 7. The molecule has 0 aliphatic heterocycles. The average Bonchev–Trinajstić information content (AvgIpc) is 2.45. The molecule has 22 heavy (non-hydrogen) atoms. The van der Waals surface area contributed by atoms with E-state index >= 15 is 0 Å². The summed E-state index contributed by atoms with van der Waals surface area (Å²) in [5.74, 6) is 0.550. The van der Waals surface area contributed by atoms with Crippen LogP contribution in [0.2, 0.25) is 0 Å². The van der Waals surface area contributed by atoms with Gasteiger partial charge in [-0.3, -0.25) is 4.79 Å². The zero-order valence-electron chi connectivity index (χ0n) is 14.5. The van der Waals surface area contributed by atoms with Gasteiger partial charge in [-0.05, 0) is 39.7 Å². The Hall–Kier alpha value is -1.55. The average molecular weight is 307 g/mol. The van der Waals surface area contributed by atoms with Crippen LogP contribution in [0.5, 0.6) is 5.75 Å². The van der Waals surface area contributed by atoms with Crippen molar-refractivity contribution in [2.45, 2.75) is 59.2 Å². The summed E-state index contributed by atoms with van der Waals surface area (Å²) in [6.45, 7) is 9.95. The van der Waals surface area contributed by atoms with E-state index in [1.165, 1.54) is 0 Å². The van der Waals surface area contributed by atoms with Crippen LogP contribution in [0.25, 0.3) is 0 Å². The number of aliphatic hydroxyl groups excluding tert-OH is 1. The van der Waals surface area contributed by atoms with Crippen molar-refractivity contribution in [3.8, 4) is 5.75 Å². The first-order valence-corrected chi connectivity index (χ1v) is 7.91. The Kier molecular flexibility index (Phi) is 6.88. The number of ether oxygens (including phenoxy) is 1. The van der Waals surface area contributed by atoms with Crippen molar-refractivity contribution in [2.24, 2.45) is 5.92 Å². The van der Waals surface area contributed by atoms with Crippen molar-refractivity contribution >= 4 is 5.91 Å². The van der Waals surface area contributed by atoms with Crippen LogP contribution < -0.4 is 4.74 Å². The van der Waals surface area contributed by atoms with Crippen LogP contribution in [-0.4, -0.2) is 35.1 Å². The SMILES string of the molecule is COc1ccccc1[C@H](O)[C@H](C)CC(=O)N(C(C)C)C(C)C. The van der Waals surface area contributed by atoms with E-state index in [-0.39, 0.29) is 23.9 Å². The largest absolute Gasteiger partial charge is 0.496 e. The van der Waals surface area contributed by atoms with Gasteiger partial charge in [-0.15, -0.1) is 0 Å². The summed E-state index contributed by atoms with van der Waals surface area (Å²) in [6, 6.07) is 7.70. The van der Waals surface area contributed by atoms with E-state index in [9.17, 15) is 9.90 Å². The van der Waals surface area contributed by atoms with Crippen LogP contribution in [0.3, 0.4) is 0 Å². The second-order valence-electron chi connectivity index (χ2n) is 6.36. The zero-order chi connectivity index (χ0) is 16.9. The van der Waals surface area contributed by atoms with E-state index in [0.717, 1.165) is 5.56 Å². The Morgan fingerprint density at radius 1 is 1.14 bits per heavy atom. The van der Waals surface area contributed by atoms with E-state index in [1.807, 2.05) is 63.8 Å². The van der Waals surface area contributed by atoms with Crippen molar-refractivity contribution in [3.05, 3.63) is 29.8 Å². The molecule has 4 nitrogen and oxygen atoms in total. The molecule has 0 radical (unpaired) electrons. The lowest BCUT2D eigenvalue weighted by molar-refractivity contribution is -0.136. The molecule has 4 heteroatoms. The molecule has 0 saturated heterocycles. The fourth-order valence-electron chi connectivity index (χ4n) is 2.88. The Bertz CT molecular complexity index is 477. The minimum atomic E-state index is -0.721. The van der Waals surface area contributed by atoms with E-state index in [1.54, 1.807) is 7.11 Å².